The van der Waals surface area contributed by atoms with Crippen molar-refractivity contribution in [3.63, 3.8) is 0 Å². The number of aryl methyl sites for hydroxylation is 2. The summed E-state index contributed by atoms with van der Waals surface area (Å²) in [4.78, 5) is 8.93. The lowest BCUT2D eigenvalue weighted by molar-refractivity contribution is 0.174. The number of ether oxygens (including phenoxy) is 2. The summed E-state index contributed by atoms with van der Waals surface area (Å²) < 4.78 is 12.9. The second-order valence-electron chi connectivity index (χ2n) is 10.2. The van der Waals surface area contributed by atoms with Crippen LogP contribution in [0.25, 0.3) is 11.0 Å². The van der Waals surface area contributed by atoms with Crippen LogP contribution in [0.4, 0.5) is 5.82 Å². The molecule has 2 aromatic heterocycles. The van der Waals surface area contributed by atoms with E-state index in [2.05, 4.69) is 78.8 Å². The summed E-state index contributed by atoms with van der Waals surface area (Å²) in [7, 11) is 1.88. The molecule has 0 aliphatic carbocycles. The van der Waals surface area contributed by atoms with E-state index in [4.69, 9.17) is 9.47 Å². The molecule has 1 aliphatic heterocycles. The molecule has 3 heterocycles. The molecule has 3 aromatic rings. The Balaban J connectivity index is 0.000000202. The molecule has 1 aliphatic rings. The summed E-state index contributed by atoms with van der Waals surface area (Å²) in [5, 5.41) is 6.60. The van der Waals surface area contributed by atoms with Gasteiger partial charge in [0.15, 0.2) is 17.3 Å². The van der Waals surface area contributed by atoms with Crippen molar-refractivity contribution in [3.05, 3.63) is 41.3 Å². The largest absolute Gasteiger partial charge is 0.454 e. The van der Waals surface area contributed by atoms with Crippen molar-refractivity contribution in [2.24, 2.45) is 5.41 Å². The minimum atomic E-state index is 0.315. The number of aromatic nitrogens is 3. The average molecular weight is 468 g/mol. The number of anilines is 1. The number of pyridine rings is 1. The summed E-state index contributed by atoms with van der Waals surface area (Å²) in [5.41, 5.74) is 5.07. The van der Waals surface area contributed by atoms with Crippen molar-refractivity contribution < 1.29 is 9.47 Å². The van der Waals surface area contributed by atoms with Gasteiger partial charge in [0.2, 0.25) is 6.79 Å². The van der Waals surface area contributed by atoms with Gasteiger partial charge in [-0.2, -0.15) is 0 Å². The Labute approximate surface area is 204 Å². The van der Waals surface area contributed by atoms with Gasteiger partial charge in [0.25, 0.3) is 0 Å². The molecule has 0 bridgehead atoms. The van der Waals surface area contributed by atoms with E-state index in [1.807, 2.05) is 26.2 Å². The zero-order chi connectivity index (χ0) is 24.9. The van der Waals surface area contributed by atoms with Crippen LogP contribution in [0.15, 0.2) is 24.4 Å². The molecule has 4 rings (SSSR count). The molecular formula is C27H41N5O2. The number of imidazole rings is 1. The van der Waals surface area contributed by atoms with Crippen LogP contribution in [-0.4, -0.2) is 41.5 Å². The number of nitrogens with zero attached hydrogens (tertiary/aromatic N) is 3. The third kappa shape index (κ3) is 6.20. The number of rotatable bonds is 7. The van der Waals surface area contributed by atoms with Crippen LogP contribution in [0.5, 0.6) is 11.5 Å². The molecule has 1 atom stereocenters. The smallest absolute Gasteiger partial charge is 0.231 e. The standard InChI is InChI=1S/C15H25N5.C12H16O2/c1-11-19-13-12(6-7-18-14(13)16-5)20(11)9-8-17-10-15(2,3)4;1-4-8(2)10-6-12-11(5-9(10)3)13-7-14-12/h6-7,17H,8-10H2,1-5H3,(H,16,18);5-6,8H,4,7H2,1-3H3. The molecule has 1 unspecified atom stereocenters. The first kappa shape index (κ1) is 25.8. The molecule has 1 aromatic carbocycles. The maximum absolute atomic E-state index is 5.37. The molecular weight excluding hydrogens is 426 g/mol. The van der Waals surface area contributed by atoms with Gasteiger partial charge >= 0.3 is 0 Å². The lowest BCUT2D eigenvalue weighted by Gasteiger charge is -2.19. The second-order valence-corrected chi connectivity index (χ2v) is 10.2. The van der Waals surface area contributed by atoms with E-state index in [0.717, 1.165) is 60.2 Å². The topological polar surface area (TPSA) is 73.2 Å². The molecule has 0 spiro atoms. The number of nitrogens with one attached hydrogen (secondary N) is 2. The SMILES string of the molecule is CCC(C)c1cc2c(cc1C)OCO2.CNc1nccc2c1nc(C)n2CCNCC(C)(C)C. The summed E-state index contributed by atoms with van der Waals surface area (Å²) in [6.45, 7) is 18.6. The Morgan fingerprint density at radius 1 is 1.15 bits per heavy atom. The number of benzene rings is 1. The van der Waals surface area contributed by atoms with Gasteiger partial charge in [0.1, 0.15) is 11.3 Å². The maximum Gasteiger partial charge on any atom is 0.231 e. The molecule has 34 heavy (non-hydrogen) atoms. The molecule has 2 N–H and O–H groups in total. The van der Waals surface area contributed by atoms with Gasteiger partial charge in [-0.05, 0) is 60.9 Å². The van der Waals surface area contributed by atoms with Crippen LogP contribution in [0, 0.1) is 19.3 Å². The Morgan fingerprint density at radius 3 is 2.50 bits per heavy atom. The van der Waals surface area contributed by atoms with E-state index in [1.54, 1.807) is 0 Å². The Kier molecular flexibility index (Phi) is 8.42. The highest BCUT2D eigenvalue weighted by Gasteiger charge is 2.17. The van der Waals surface area contributed by atoms with Crippen LogP contribution in [0.2, 0.25) is 0 Å². The highest BCUT2D eigenvalue weighted by atomic mass is 16.7. The first-order chi connectivity index (χ1) is 16.1. The summed E-state index contributed by atoms with van der Waals surface area (Å²) in [6, 6.07) is 6.22. The van der Waals surface area contributed by atoms with Crippen molar-refractivity contribution in [1.29, 1.82) is 0 Å². The monoisotopic (exact) mass is 467 g/mol. The lowest BCUT2D eigenvalue weighted by atomic mass is 9.94. The maximum atomic E-state index is 5.37. The van der Waals surface area contributed by atoms with E-state index in [1.165, 1.54) is 11.1 Å². The van der Waals surface area contributed by atoms with Crippen molar-refractivity contribution in [3.8, 4) is 11.5 Å². The molecule has 186 valence electrons. The van der Waals surface area contributed by atoms with Crippen molar-refractivity contribution >= 4 is 16.9 Å². The molecule has 0 saturated carbocycles. The number of hydrogen-bond donors (Lipinski definition) is 2. The van der Waals surface area contributed by atoms with E-state index >= 15 is 0 Å². The van der Waals surface area contributed by atoms with Gasteiger partial charge in [0, 0.05) is 32.9 Å². The Bertz CT molecular complexity index is 1100. The second kappa shape index (κ2) is 11.1. The van der Waals surface area contributed by atoms with Crippen LogP contribution >= 0.6 is 0 Å². The normalized spacial score (nSPS) is 13.5. The van der Waals surface area contributed by atoms with E-state index in [9.17, 15) is 0 Å². The lowest BCUT2D eigenvalue weighted by Crippen LogP contribution is -2.29. The Hall–Kier alpha value is -2.80. The minimum absolute atomic E-state index is 0.315. The molecule has 0 radical (unpaired) electrons. The third-order valence-corrected chi connectivity index (χ3v) is 6.17. The molecule has 0 amide bonds. The molecule has 7 heteroatoms. The predicted molar refractivity (Wildman–Crippen MR) is 140 cm³/mol. The van der Waals surface area contributed by atoms with Gasteiger partial charge in [-0.3, -0.25) is 0 Å². The summed E-state index contributed by atoms with van der Waals surface area (Å²) in [6.07, 6.45) is 2.98. The minimum Gasteiger partial charge on any atom is -0.454 e. The zero-order valence-electron chi connectivity index (χ0n) is 22.1. The summed E-state index contributed by atoms with van der Waals surface area (Å²) >= 11 is 0. The van der Waals surface area contributed by atoms with Crippen molar-refractivity contribution in [1.82, 2.24) is 19.9 Å². The Morgan fingerprint density at radius 2 is 1.85 bits per heavy atom. The molecule has 0 fully saturated rings. The van der Waals surface area contributed by atoms with Crippen LogP contribution in [0.1, 0.15) is 63.9 Å². The molecule has 7 nitrogen and oxygen atoms in total. The van der Waals surface area contributed by atoms with E-state index in [-0.39, 0.29) is 0 Å². The van der Waals surface area contributed by atoms with Gasteiger partial charge < -0.3 is 24.7 Å². The van der Waals surface area contributed by atoms with Crippen molar-refractivity contribution in [2.45, 2.75) is 67.3 Å². The van der Waals surface area contributed by atoms with Crippen LogP contribution < -0.4 is 20.1 Å². The average Bonchev–Trinajstić information content (AvgIpc) is 3.38. The third-order valence-electron chi connectivity index (χ3n) is 6.17. The van der Waals surface area contributed by atoms with Crippen molar-refractivity contribution in [2.75, 3.05) is 32.2 Å². The van der Waals surface area contributed by atoms with Gasteiger partial charge in [0.05, 0.1) is 5.52 Å². The van der Waals surface area contributed by atoms with Crippen LogP contribution in [-0.2, 0) is 6.54 Å². The highest BCUT2D eigenvalue weighted by molar-refractivity contribution is 5.86. The number of fused-ring (bicyclic) bond motifs is 2. The fourth-order valence-corrected chi connectivity index (χ4v) is 4.10. The molecule has 0 saturated heterocycles. The van der Waals surface area contributed by atoms with Gasteiger partial charge in [-0.25, -0.2) is 9.97 Å². The van der Waals surface area contributed by atoms with E-state index < -0.39 is 0 Å². The van der Waals surface area contributed by atoms with Crippen LogP contribution in [0.3, 0.4) is 0 Å². The summed E-state index contributed by atoms with van der Waals surface area (Å²) in [5.74, 6) is 4.24. The quantitative estimate of drug-likeness (QED) is 0.437. The van der Waals surface area contributed by atoms with Gasteiger partial charge in [-0.15, -0.1) is 0 Å². The van der Waals surface area contributed by atoms with E-state index in [0.29, 0.717) is 18.1 Å². The highest BCUT2D eigenvalue weighted by Crippen LogP contribution is 2.37. The first-order valence-corrected chi connectivity index (χ1v) is 12.2. The fraction of sp³-hybridized carbons (Fsp3) is 0.556. The fourth-order valence-electron chi connectivity index (χ4n) is 4.10. The first-order valence-electron chi connectivity index (χ1n) is 12.2. The zero-order valence-corrected chi connectivity index (χ0v) is 22.1. The van der Waals surface area contributed by atoms with Gasteiger partial charge in [-0.1, -0.05) is 34.6 Å². The number of hydrogen-bond acceptors (Lipinski definition) is 6. The predicted octanol–water partition coefficient (Wildman–Crippen LogP) is 5.65.